The number of benzene rings is 3. The molecule has 0 aliphatic rings. The second-order valence-corrected chi connectivity index (χ2v) is 6.88. The first-order chi connectivity index (χ1) is 14.6. The highest BCUT2D eigenvalue weighted by Crippen LogP contribution is 2.23. The van der Waals surface area contributed by atoms with Crippen molar-refractivity contribution in [1.29, 1.82) is 0 Å². The number of hydrogen-bond acceptors (Lipinski definition) is 4. The second-order valence-electron chi connectivity index (χ2n) is 6.44. The fraction of sp³-hybridized carbons (Fsp3) is 0.0435. The molecule has 0 unspecified atom stereocenters. The van der Waals surface area contributed by atoms with Crippen LogP contribution in [-0.4, -0.2) is 12.1 Å². The summed E-state index contributed by atoms with van der Waals surface area (Å²) in [5.41, 5.74) is 4.23. The fourth-order valence-corrected chi connectivity index (χ4v) is 2.95. The number of amides is 1. The minimum Gasteiger partial charge on any atom is -0.489 e. The van der Waals surface area contributed by atoms with Crippen molar-refractivity contribution >= 4 is 34.7 Å². The van der Waals surface area contributed by atoms with Crippen molar-refractivity contribution in [2.24, 2.45) is 5.10 Å². The van der Waals surface area contributed by atoms with E-state index < -0.39 is 5.91 Å². The monoisotopic (exact) mass is 422 g/mol. The molecular formula is C23H16ClFN2O3. The average molecular weight is 423 g/mol. The molecule has 1 amide bonds. The normalized spacial score (nSPS) is 11.1. The summed E-state index contributed by atoms with van der Waals surface area (Å²) in [5, 5.41) is 5.24. The van der Waals surface area contributed by atoms with Crippen LogP contribution in [0.2, 0.25) is 5.02 Å². The summed E-state index contributed by atoms with van der Waals surface area (Å²) in [6, 6.07) is 20.2. The summed E-state index contributed by atoms with van der Waals surface area (Å²) in [5.74, 6) is -0.0327. The molecule has 3 aromatic carbocycles. The highest BCUT2D eigenvalue weighted by molar-refractivity contribution is 6.31. The number of rotatable bonds is 6. The maximum absolute atomic E-state index is 13.6. The molecule has 4 aromatic rings. The van der Waals surface area contributed by atoms with Gasteiger partial charge in [0, 0.05) is 16.0 Å². The molecule has 7 heteroatoms. The van der Waals surface area contributed by atoms with E-state index in [9.17, 15) is 9.18 Å². The van der Waals surface area contributed by atoms with Gasteiger partial charge >= 0.3 is 5.91 Å². The lowest BCUT2D eigenvalue weighted by atomic mass is 10.2. The van der Waals surface area contributed by atoms with Gasteiger partial charge in [0.05, 0.1) is 6.21 Å². The number of nitrogens with one attached hydrogen (secondary N) is 1. The predicted octanol–water partition coefficient (Wildman–Crippen LogP) is 5.57. The van der Waals surface area contributed by atoms with E-state index >= 15 is 0 Å². The molecule has 0 spiro atoms. The topological polar surface area (TPSA) is 63.8 Å². The average Bonchev–Trinajstić information content (AvgIpc) is 3.17. The Hall–Kier alpha value is -3.64. The Balaban J connectivity index is 1.33. The van der Waals surface area contributed by atoms with Crippen LogP contribution in [-0.2, 0) is 6.61 Å². The van der Waals surface area contributed by atoms with Crippen molar-refractivity contribution in [1.82, 2.24) is 5.43 Å². The summed E-state index contributed by atoms with van der Waals surface area (Å²) in [6.07, 6.45) is 1.50. The molecule has 0 atom stereocenters. The van der Waals surface area contributed by atoms with Crippen LogP contribution >= 0.6 is 11.6 Å². The maximum atomic E-state index is 13.6. The van der Waals surface area contributed by atoms with Crippen LogP contribution < -0.4 is 10.2 Å². The molecule has 0 aliphatic carbocycles. The SMILES string of the molecule is O=C(N/N=C/c1ccc(OCc2ccccc2F)cc1)c1cc2cc(Cl)ccc2o1. The Morgan fingerprint density at radius 2 is 1.90 bits per heavy atom. The lowest BCUT2D eigenvalue weighted by Crippen LogP contribution is -2.16. The van der Waals surface area contributed by atoms with Crippen LogP contribution in [0.5, 0.6) is 5.75 Å². The number of halogens is 2. The predicted molar refractivity (Wildman–Crippen MR) is 113 cm³/mol. The standard InChI is InChI=1S/C23H16ClFN2O3/c24-18-7-10-21-17(11-18)12-22(30-21)23(28)27-26-13-15-5-8-19(9-6-15)29-14-16-3-1-2-4-20(16)25/h1-13H,14H2,(H,27,28)/b26-13+. The zero-order valence-electron chi connectivity index (χ0n) is 15.6. The van der Waals surface area contributed by atoms with E-state index in [1.807, 2.05) is 0 Å². The van der Waals surface area contributed by atoms with Gasteiger partial charge in [-0.3, -0.25) is 4.79 Å². The third kappa shape index (κ3) is 4.67. The zero-order chi connectivity index (χ0) is 20.9. The van der Waals surface area contributed by atoms with Crippen LogP contribution in [0.15, 0.2) is 82.3 Å². The molecule has 5 nitrogen and oxygen atoms in total. The molecule has 4 rings (SSSR count). The number of hydrazone groups is 1. The first-order valence-electron chi connectivity index (χ1n) is 9.07. The van der Waals surface area contributed by atoms with E-state index in [1.54, 1.807) is 66.7 Å². The Kier molecular flexibility index (Phi) is 5.77. The Bertz CT molecular complexity index is 1220. The van der Waals surface area contributed by atoms with Crippen LogP contribution in [0.4, 0.5) is 4.39 Å². The van der Waals surface area contributed by atoms with Gasteiger partial charge in [0.2, 0.25) is 0 Å². The molecular weight excluding hydrogens is 407 g/mol. The molecule has 0 radical (unpaired) electrons. The third-order valence-electron chi connectivity index (χ3n) is 4.31. The smallest absolute Gasteiger partial charge is 0.307 e. The van der Waals surface area contributed by atoms with Crippen LogP contribution in [0.1, 0.15) is 21.7 Å². The minimum absolute atomic E-state index is 0.138. The lowest BCUT2D eigenvalue weighted by molar-refractivity contribution is 0.0929. The van der Waals surface area contributed by atoms with Crippen molar-refractivity contribution in [3.63, 3.8) is 0 Å². The molecule has 0 saturated heterocycles. The van der Waals surface area contributed by atoms with Crippen molar-refractivity contribution < 1.29 is 18.3 Å². The van der Waals surface area contributed by atoms with Gasteiger partial charge in [-0.15, -0.1) is 0 Å². The van der Waals surface area contributed by atoms with Crippen LogP contribution in [0, 0.1) is 5.82 Å². The second kappa shape index (κ2) is 8.80. The van der Waals surface area contributed by atoms with E-state index in [0.717, 1.165) is 10.9 Å². The number of nitrogens with zero attached hydrogens (tertiary/aromatic N) is 1. The van der Waals surface area contributed by atoms with Crippen molar-refractivity contribution in [3.05, 3.63) is 101 Å². The molecule has 150 valence electrons. The Labute approximate surface area is 176 Å². The van der Waals surface area contributed by atoms with Gasteiger partial charge in [0.15, 0.2) is 5.76 Å². The zero-order valence-corrected chi connectivity index (χ0v) is 16.4. The minimum atomic E-state index is -0.469. The maximum Gasteiger partial charge on any atom is 0.307 e. The lowest BCUT2D eigenvalue weighted by Gasteiger charge is -2.07. The number of ether oxygens (including phenoxy) is 1. The van der Waals surface area contributed by atoms with E-state index in [2.05, 4.69) is 10.5 Å². The first-order valence-corrected chi connectivity index (χ1v) is 9.45. The van der Waals surface area contributed by atoms with Crippen LogP contribution in [0.25, 0.3) is 11.0 Å². The molecule has 0 bridgehead atoms. The quantitative estimate of drug-likeness (QED) is 0.326. The summed E-state index contributed by atoms with van der Waals surface area (Å²) >= 11 is 5.94. The van der Waals surface area contributed by atoms with Gasteiger partial charge in [0.1, 0.15) is 23.8 Å². The largest absolute Gasteiger partial charge is 0.489 e. The van der Waals surface area contributed by atoms with Crippen molar-refractivity contribution in [2.75, 3.05) is 0 Å². The highest BCUT2D eigenvalue weighted by Gasteiger charge is 2.11. The number of carbonyl (C=O) groups excluding carboxylic acids is 1. The number of furan rings is 1. The number of fused-ring (bicyclic) bond motifs is 1. The van der Waals surface area contributed by atoms with Gasteiger partial charge in [0.25, 0.3) is 0 Å². The third-order valence-corrected chi connectivity index (χ3v) is 4.55. The van der Waals surface area contributed by atoms with Gasteiger partial charge < -0.3 is 9.15 Å². The van der Waals surface area contributed by atoms with Gasteiger partial charge in [-0.1, -0.05) is 29.8 Å². The van der Waals surface area contributed by atoms with Gasteiger partial charge in [-0.25, -0.2) is 9.82 Å². The van der Waals surface area contributed by atoms with E-state index in [-0.39, 0.29) is 18.2 Å². The number of carbonyl (C=O) groups is 1. The van der Waals surface area contributed by atoms with Gasteiger partial charge in [-0.2, -0.15) is 5.10 Å². The molecule has 0 aliphatic heterocycles. The molecule has 0 saturated carbocycles. The van der Waals surface area contributed by atoms with Crippen molar-refractivity contribution in [3.8, 4) is 5.75 Å². The van der Waals surface area contributed by atoms with Crippen molar-refractivity contribution in [2.45, 2.75) is 6.61 Å². The number of hydrogen-bond donors (Lipinski definition) is 1. The molecule has 30 heavy (non-hydrogen) atoms. The van der Waals surface area contributed by atoms with E-state index in [1.165, 1.54) is 12.3 Å². The van der Waals surface area contributed by atoms with E-state index in [0.29, 0.717) is 21.9 Å². The highest BCUT2D eigenvalue weighted by atomic mass is 35.5. The molecule has 1 aromatic heterocycles. The first kappa shape index (κ1) is 19.7. The summed E-state index contributed by atoms with van der Waals surface area (Å²) in [4.78, 5) is 12.2. The molecule has 0 fully saturated rings. The van der Waals surface area contributed by atoms with Crippen LogP contribution in [0.3, 0.4) is 0 Å². The molecule has 1 N–H and O–H groups in total. The van der Waals surface area contributed by atoms with Gasteiger partial charge in [-0.05, 0) is 60.2 Å². The summed E-state index contributed by atoms with van der Waals surface area (Å²) in [7, 11) is 0. The molecule has 1 heterocycles. The Morgan fingerprint density at radius 3 is 2.70 bits per heavy atom. The fourth-order valence-electron chi connectivity index (χ4n) is 2.77. The Morgan fingerprint density at radius 1 is 1.10 bits per heavy atom. The summed E-state index contributed by atoms with van der Waals surface area (Å²) < 4.78 is 24.7. The summed E-state index contributed by atoms with van der Waals surface area (Å²) in [6.45, 7) is 0.138. The van der Waals surface area contributed by atoms with E-state index in [4.69, 9.17) is 20.8 Å².